The molecule has 0 saturated carbocycles. The van der Waals surface area contributed by atoms with E-state index in [0.717, 1.165) is 37.8 Å². The predicted molar refractivity (Wildman–Crippen MR) is 73.1 cm³/mol. The number of allylic oxidation sites excluding steroid dienone is 1. The highest BCUT2D eigenvalue weighted by molar-refractivity contribution is 5.55. The van der Waals surface area contributed by atoms with Crippen LogP contribution in [0.1, 0.15) is 31.2 Å². The molecule has 0 aromatic heterocycles. The molecule has 1 aromatic carbocycles. The third-order valence-corrected chi connectivity index (χ3v) is 3.41. The van der Waals surface area contributed by atoms with Gasteiger partial charge in [-0.05, 0) is 37.8 Å². The van der Waals surface area contributed by atoms with Crippen LogP contribution in [0.5, 0.6) is 0 Å². The molecule has 1 N–H and O–H groups in total. The van der Waals surface area contributed by atoms with Crippen LogP contribution in [0.3, 0.4) is 0 Å². The average molecular weight is 300 g/mol. The quantitative estimate of drug-likeness (QED) is 0.494. The van der Waals surface area contributed by atoms with Crippen LogP contribution < -0.4 is 5.32 Å². The van der Waals surface area contributed by atoms with E-state index in [1.165, 1.54) is 11.6 Å². The van der Waals surface area contributed by atoms with Crippen molar-refractivity contribution >= 4 is 11.4 Å². The summed E-state index contributed by atoms with van der Waals surface area (Å²) in [5.74, 6) is 0. The molecule has 0 radical (unpaired) electrons. The molecular weight excluding hydrogens is 285 g/mol. The molecule has 0 fully saturated rings. The first-order chi connectivity index (χ1) is 9.88. The number of anilines is 1. The van der Waals surface area contributed by atoms with E-state index in [0.29, 0.717) is 6.54 Å². The molecule has 1 aromatic rings. The number of rotatable bonds is 5. The highest BCUT2D eigenvalue weighted by Crippen LogP contribution is 2.37. The Kier molecular flexibility index (Phi) is 4.50. The molecule has 0 unspecified atom stereocenters. The van der Waals surface area contributed by atoms with Crippen molar-refractivity contribution in [1.29, 1.82) is 0 Å². The third kappa shape index (κ3) is 3.96. The molecule has 0 saturated heterocycles. The highest BCUT2D eigenvalue weighted by Gasteiger charge is 2.38. The number of nitrogens with zero attached hydrogens (tertiary/aromatic N) is 1. The molecule has 0 atom stereocenters. The number of nitrogens with one attached hydrogen (secondary N) is 1. The summed E-state index contributed by atoms with van der Waals surface area (Å²) in [6.45, 7) is 0.515. The summed E-state index contributed by atoms with van der Waals surface area (Å²) in [6.07, 6.45) is 1.41. The monoisotopic (exact) mass is 300 g/mol. The molecule has 4 nitrogen and oxygen atoms in total. The number of hydrogen-bond acceptors (Lipinski definition) is 3. The molecule has 0 aliphatic heterocycles. The second kappa shape index (κ2) is 6.15. The molecule has 0 heterocycles. The molecule has 0 bridgehead atoms. The van der Waals surface area contributed by atoms with Crippen molar-refractivity contribution in [1.82, 2.24) is 0 Å². The zero-order valence-corrected chi connectivity index (χ0v) is 11.2. The molecule has 0 amide bonds. The molecule has 0 spiro atoms. The standard InChI is InChI=1S/C14H15F3N2O2/c15-14(16,17)12-9-11(5-6-13(12)19(20)21)18-8-7-10-3-1-2-4-10/h3,5-6,9,18H,1-2,4,7-8H2. The van der Waals surface area contributed by atoms with E-state index < -0.39 is 22.4 Å². The van der Waals surface area contributed by atoms with Crippen LogP contribution >= 0.6 is 0 Å². The third-order valence-electron chi connectivity index (χ3n) is 3.41. The molecule has 7 heteroatoms. The van der Waals surface area contributed by atoms with Gasteiger partial charge in [-0.1, -0.05) is 11.6 Å². The average Bonchev–Trinajstić information content (AvgIpc) is 2.90. The van der Waals surface area contributed by atoms with E-state index >= 15 is 0 Å². The minimum atomic E-state index is -4.74. The van der Waals surface area contributed by atoms with Gasteiger partial charge in [-0.15, -0.1) is 0 Å². The van der Waals surface area contributed by atoms with Crippen LogP contribution in [0.25, 0.3) is 0 Å². The molecule has 2 rings (SSSR count). The Morgan fingerprint density at radius 1 is 1.33 bits per heavy atom. The van der Waals surface area contributed by atoms with Crippen molar-refractivity contribution in [2.24, 2.45) is 0 Å². The molecular formula is C14H15F3N2O2. The van der Waals surface area contributed by atoms with Gasteiger partial charge < -0.3 is 5.32 Å². The maximum atomic E-state index is 12.8. The van der Waals surface area contributed by atoms with Gasteiger partial charge in [-0.2, -0.15) is 13.2 Å². The van der Waals surface area contributed by atoms with Crippen LogP contribution in [0, 0.1) is 10.1 Å². The van der Waals surface area contributed by atoms with E-state index in [1.54, 1.807) is 0 Å². The van der Waals surface area contributed by atoms with Crippen LogP contribution in [-0.4, -0.2) is 11.5 Å². The maximum Gasteiger partial charge on any atom is 0.423 e. The van der Waals surface area contributed by atoms with E-state index in [4.69, 9.17) is 0 Å². The van der Waals surface area contributed by atoms with Gasteiger partial charge in [0.1, 0.15) is 5.56 Å². The lowest BCUT2D eigenvalue weighted by Gasteiger charge is -2.11. The Morgan fingerprint density at radius 3 is 2.67 bits per heavy atom. The van der Waals surface area contributed by atoms with Crippen LogP contribution in [0.4, 0.5) is 24.5 Å². The molecule has 1 aliphatic carbocycles. The SMILES string of the molecule is O=[N+]([O-])c1ccc(NCCC2=CCCC2)cc1C(F)(F)F. The first-order valence-corrected chi connectivity index (χ1v) is 6.65. The lowest BCUT2D eigenvalue weighted by molar-refractivity contribution is -0.388. The summed E-state index contributed by atoms with van der Waals surface area (Å²) in [7, 11) is 0. The Bertz CT molecular complexity index is 568. The summed E-state index contributed by atoms with van der Waals surface area (Å²) in [6, 6.07) is 2.98. The van der Waals surface area contributed by atoms with Crippen molar-refractivity contribution in [2.45, 2.75) is 31.9 Å². The minimum Gasteiger partial charge on any atom is -0.385 e. The number of nitro benzene ring substituents is 1. The van der Waals surface area contributed by atoms with E-state index in [-0.39, 0.29) is 5.69 Å². The summed E-state index contributed by atoms with van der Waals surface area (Å²) in [5, 5.41) is 13.5. The van der Waals surface area contributed by atoms with Gasteiger partial charge >= 0.3 is 6.18 Å². The zero-order valence-electron chi connectivity index (χ0n) is 11.2. The fraction of sp³-hybridized carbons (Fsp3) is 0.429. The normalized spacial score (nSPS) is 14.9. The number of benzene rings is 1. The van der Waals surface area contributed by atoms with Gasteiger partial charge in [0.25, 0.3) is 5.69 Å². The predicted octanol–water partition coefficient (Wildman–Crippen LogP) is 4.53. The van der Waals surface area contributed by atoms with Crippen molar-refractivity contribution in [3.63, 3.8) is 0 Å². The summed E-state index contributed by atoms with van der Waals surface area (Å²) in [5.41, 5.74) is -0.601. The smallest absolute Gasteiger partial charge is 0.385 e. The fourth-order valence-electron chi connectivity index (χ4n) is 2.36. The van der Waals surface area contributed by atoms with Gasteiger partial charge in [-0.25, -0.2) is 0 Å². The first-order valence-electron chi connectivity index (χ1n) is 6.65. The van der Waals surface area contributed by atoms with Gasteiger partial charge in [0.2, 0.25) is 0 Å². The maximum absolute atomic E-state index is 12.8. The summed E-state index contributed by atoms with van der Waals surface area (Å²) in [4.78, 5) is 9.63. The lowest BCUT2D eigenvalue weighted by atomic mass is 10.1. The van der Waals surface area contributed by atoms with Crippen LogP contribution in [0.15, 0.2) is 29.8 Å². The Morgan fingerprint density at radius 2 is 2.10 bits per heavy atom. The number of nitro groups is 1. The van der Waals surface area contributed by atoms with Gasteiger partial charge in [-0.3, -0.25) is 10.1 Å². The van der Waals surface area contributed by atoms with Gasteiger partial charge in [0.15, 0.2) is 0 Å². The van der Waals surface area contributed by atoms with E-state index in [2.05, 4.69) is 11.4 Å². The number of halogens is 3. The minimum absolute atomic E-state index is 0.242. The Hall–Kier alpha value is -2.05. The summed E-state index contributed by atoms with van der Waals surface area (Å²) >= 11 is 0. The number of hydrogen-bond donors (Lipinski definition) is 1. The van der Waals surface area contributed by atoms with Crippen molar-refractivity contribution in [3.8, 4) is 0 Å². The fourth-order valence-corrected chi connectivity index (χ4v) is 2.36. The largest absolute Gasteiger partial charge is 0.423 e. The van der Waals surface area contributed by atoms with Gasteiger partial charge in [0, 0.05) is 18.3 Å². The summed E-state index contributed by atoms with van der Waals surface area (Å²) < 4.78 is 38.4. The highest BCUT2D eigenvalue weighted by atomic mass is 19.4. The topological polar surface area (TPSA) is 55.2 Å². The van der Waals surface area contributed by atoms with E-state index in [1.807, 2.05) is 0 Å². The zero-order chi connectivity index (χ0) is 15.5. The molecule has 21 heavy (non-hydrogen) atoms. The van der Waals surface area contributed by atoms with E-state index in [9.17, 15) is 23.3 Å². The Balaban J connectivity index is 2.08. The van der Waals surface area contributed by atoms with Crippen LogP contribution in [-0.2, 0) is 6.18 Å². The second-order valence-electron chi connectivity index (χ2n) is 4.92. The van der Waals surface area contributed by atoms with Crippen LogP contribution in [0.2, 0.25) is 0 Å². The first kappa shape index (κ1) is 15.3. The van der Waals surface area contributed by atoms with Crippen molar-refractivity contribution in [3.05, 3.63) is 45.5 Å². The lowest BCUT2D eigenvalue weighted by Crippen LogP contribution is -2.10. The Labute approximate surface area is 119 Å². The molecule has 114 valence electrons. The second-order valence-corrected chi connectivity index (χ2v) is 4.92. The van der Waals surface area contributed by atoms with Gasteiger partial charge in [0.05, 0.1) is 4.92 Å². The van der Waals surface area contributed by atoms with Crippen molar-refractivity contribution < 1.29 is 18.1 Å². The molecule has 1 aliphatic rings. The van der Waals surface area contributed by atoms with Crippen molar-refractivity contribution in [2.75, 3.05) is 11.9 Å². The number of alkyl halides is 3.